The number of fused-ring (bicyclic) bond motifs is 1. The van der Waals surface area contributed by atoms with E-state index >= 15 is 0 Å². The van der Waals surface area contributed by atoms with Crippen LogP contribution < -0.4 is 16.0 Å². The zero-order valence-corrected chi connectivity index (χ0v) is 18.0. The molecule has 3 amide bonds. The lowest BCUT2D eigenvalue weighted by atomic mass is 9.88. The Labute approximate surface area is 184 Å². The van der Waals surface area contributed by atoms with E-state index < -0.39 is 29.4 Å². The monoisotopic (exact) mass is 474 g/mol. The molecule has 7 nitrogen and oxygen atoms in total. The summed E-state index contributed by atoms with van der Waals surface area (Å²) in [7, 11) is 0. The molecule has 0 bridgehead atoms. The second-order valence-electron chi connectivity index (χ2n) is 7.75. The van der Waals surface area contributed by atoms with Crippen molar-refractivity contribution in [3.8, 4) is 0 Å². The number of hydrogen-bond acceptors (Lipinski definition) is 5. The summed E-state index contributed by atoms with van der Waals surface area (Å²) in [4.78, 5) is 41.0. The predicted octanol–water partition coefficient (Wildman–Crippen LogP) is 3.90. The lowest BCUT2D eigenvalue weighted by molar-refractivity contribution is -0.137. The summed E-state index contributed by atoms with van der Waals surface area (Å²) in [6.07, 6.45) is -4.25. The van der Waals surface area contributed by atoms with E-state index in [9.17, 15) is 27.6 Å². The van der Waals surface area contributed by atoms with Crippen molar-refractivity contribution in [2.45, 2.75) is 26.4 Å². The van der Waals surface area contributed by atoms with Gasteiger partial charge in [-0.15, -0.1) is 11.6 Å². The molecule has 0 unspecified atom stereocenters. The lowest BCUT2D eigenvalue weighted by Crippen LogP contribution is -2.31. The van der Waals surface area contributed by atoms with Gasteiger partial charge in [-0.3, -0.25) is 19.7 Å². The van der Waals surface area contributed by atoms with Gasteiger partial charge in [-0.2, -0.15) is 13.2 Å². The molecule has 3 rings (SSSR count). The molecule has 0 radical (unpaired) electrons. The maximum Gasteiger partial charge on any atom is 0.416 e. The number of nitrogens with one attached hydrogen (secondary N) is 3. The Morgan fingerprint density at radius 2 is 1.97 bits per heavy atom. The normalized spacial score (nSPS) is 15.5. The highest BCUT2D eigenvalue weighted by Crippen LogP contribution is 2.34. The summed E-state index contributed by atoms with van der Waals surface area (Å²) in [5.74, 6) is -2.36. The molecule has 0 spiro atoms. The molecule has 0 saturated heterocycles. The smallest absolute Gasteiger partial charge is 0.351 e. The van der Waals surface area contributed by atoms with Crippen LogP contribution in [0.3, 0.4) is 0 Å². The van der Waals surface area contributed by atoms with E-state index in [1.165, 1.54) is 0 Å². The van der Waals surface area contributed by atoms with Crippen LogP contribution in [0.5, 0.6) is 0 Å². The molecule has 1 aliphatic heterocycles. The number of halogens is 4. The Kier molecular flexibility index (Phi) is 6.28. The van der Waals surface area contributed by atoms with Crippen LogP contribution in [-0.2, 0) is 17.4 Å². The zero-order valence-electron chi connectivity index (χ0n) is 16.4. The van der Waals surface area contributed by atoms with E-state index in [1.54, 1.807) is 0 Å². The number of alkyl halides is 4. The molecule has 2 aromatic rings. The number of amides is 3. The standard InChI is InChI=1S/C19H18ClF3N4O3S/c1-18(2)6-12-14(16(30)24-8-18)31-17(26-12)27-15(29)9-3-10(19(21,22)23)5-11(4-9)25-13(28)7-20/h3-5H,6-8H2,1-2H3,(H,24,30)(H,25,28)(H,26,27,29). The minimum Gasteiger partial charge on any atom is -0.351 e. The fourth-order valence-electron chi connectivity index (χ4n) is 2.98. The fourth-order valence-corrected chi connectivity index (χ4v) is 3.94. The van der Waals surface area contributed by atoms with Crippen LogP contribution in [0.25, 0.3) is 0 Å². The van der Waals surface area contributed by atoms with E-state index in [4.69, 9.17) is 11.6 Å². The average molecular weight is 475 g/mol. The van der Waals surface area contributed by atoms with E-state index in [0.717, 1.165) is 17.4 Å². The first-order chi connectivity index (χ1) is 14.4. The van der Waals surface area contributed by atoms with E-state index in [-0.39, 0.29) is 27.7 Å². The van der Waals surface area contributed by atoms with Crippen LogP contribution >= 0.6 is 22.9 Å². The van der Waals surface area contributed by atoms with Gasteiger partial charge < -0.3 is 10.6 Å². The molecule has 0 atom stereocenters. The predicted molar refractivity (Wildman–Crippen MR) is 111 cm³/mol. The largest absolute Gasteiger partial charge is 0.416 e. The first-order valence-corrected chi connectivity index (χ1v) is 10.4. The molecule has 1 aromatic carbocycles. The zero-order chi connectivity index (χ0) is 23.0. The Balaban J connectivity index is 1.90. The molecular formula is C19H18ClF3N4O3S. The van der Waals surface area contributed by atoms with Gasteiger partial charge in [0.1, 0.15) is 10.8 Å². The van der Waals surface area contributed by atoms with Gasteiger partial charge in [0.25, 0.3) is 11.8 Å². The third-order valence-electron chi connectivity index (χ3n) is 4.43. The van der Waals surface area contributed by atoms with Crippen molar-refractivity contribution in [3.05, 3.63) is 39.9 Å². The van der Waals surface area contributed by atoms with Crippen LogP contribution in [0.4, 0.5) is 24.0 Å². The van der Waals surface area contributed by atoms with Crippen molar-refractivity contribution in [3.63, 3.8) is 0 Å². The lowest BCUT2D eigenvalue weighted by Gasteiger charge is -2.21. The van der Waals surface area contributed by atoms with E-state index in [2.05, 4.69) is 20.9 Å². The number of thiazole rings is 1. The molecular weight excluding hydrogens is 457 g/mol. The van der Waals surface area contributed by atoms with Crippen molar-refractivity contribution in [2.24, 2.45) is 5.41 Å². The van der Waals surface area contributed by atoms with Crippen LogP contribution in [-0.4, -0.2) is 35.1 Å². The molecule has 31 heavy (non-hydrogen) atoms. The van der Waals surface area contributed by atoms with Gasteiger partial charge in [-0.1, -0.05) is 25.2 Å². The van der Waals surface area contributed by atoms with Gasteiger partial charge in [0.15, 0.2) is 5.13 Å². The summed E-state index contributed by atoms with van der Waals surface area (Å²) in [6.45, 7) is 4.39. The Morgan fingerprint density at radius 3 is 2.61 bits per heavy atom. The SMILES string of the molecule is CC1(C)CNC(=O)c2sc(NC(=O)c3cc(NC(=O)CCl)cc(C(F)(F)F)c3)nc2C1. The van der Waals surface area contributed by atoms with Crippen molar-refractivity contribution in [1.29, 1.82) is 0 Å². The number of benzene rings is 1. The number of rotatable bonds is 4. The van der Waals surface area contributed by atoms with Crippen molar-refractivity contribution in [2.75, 3.05) is 23.1 Å². The maximum atomic E-state index is 13.2. The number of carbonyl (C=O) groups is 3. The summed E-state index contributed by atoms with van der Waals surface area (Å²) >= 11 is 6.33. The average Bonchev–Trinajstić information content (AvgIpc) is 3.01. The van der Waals surface area contributed by atoms with Gasteiger partial charge in [-0.25, -0.2) is 4.98 Å². The minimum atomic E-state index is -4.74. The number of hydrogen-bond donors (Lipinski definition) is 3. The van der Waals surface area contributed by atoms with Gasteiger partial charge in [-0.05, 0) is 30.0 Å². The topological polar surface area (TPSA) is 100 Å². The number of nitrogens with zero attached hydrogens (tertiary/aromatic N) is 1. The van der Waals surface area contributed by atoms with Crippen LogP contribution in [0.2, 0.25) is 0 Å². The van der Waals surface area contributed by atoms with Crippen LogP contribution in [0, 0.1) is 5.41 Å². The molecule has 0 fully saturated rings. The number of carbonyl (C=O) groups excluding carboxylic acids is 3. The first-order valence-electron chi connectivity index (χ1n) is 9.05. The van der Waals surface area contributed by atoms with E-state index in [1.807, 2.05) is 13.8 Å². The number of aromatic nitrogens is 1. The van der Waals surface area contributed by atoms with Crippen molar-refractivity contribution in [1.82, 2.24) is 10.3 Å². The highest BCUT2D eigenvalue weighted by molar-refractivity contribution is 7.17. The summed E-state index contributed by atoms with van der Waals surface area (Å²) < 4.78 is 39.7. The van der Waals surface area contributed by atoms with Crippen LogP contribution in [0.1, 0.15) is 45.1 Å². The van der Waals surface area contributed by atoms with Gasteiger partial charge in [0, 0.05) is 17.8 Å². The van der Waals surface area contributed by atoms with Crippen molar-refractivity contribution >= 4 is 51.5 Å². The molecule has 0 aliphatic carbocycles. The van der Waals surface area contributed by atoms with Crippen LogP contribution in [0.15, 0.2) is 18.2 Å². The van der Waals surface area contributed by atoms with Gasteiger partial charge in [0.2, 0.25) is 5.91 Å². The Hall–Kier alpha value is -2.66. The summed E-state index contributed by atoms with van der Waals surface area (Å²) in [5.41, 5.74) is -1.40. The third-order valence-corrected chi connectivity index (χ3v) is 5.68. The maximum absolute atomic E-state index is 13.2. The minimum absolute atomic E-state index is 0.0894. The summed E-state index contributed by atoms with van der Waals surface area (Å²) in [6, 6.07) is 2.47. The second-order valence-corrected chi connectivity index (χ2v) is 9.02. The van der Waals surface area contributed by atoms with E-state index in [0.29, 0.717) is 35.7 Å². The van der Waals surface area contributed by atoms with Gasteiger partial charge in [0.05, 0.1) is 11.3 Å². The molecule has 1 aliphatic rings. The fraction of sp³-hybridized carbons (Fsp3) is 0.368. The molecule has 1 aromatic heterocycles. The Morgan fingerprint density at radius 1 is 1.26 bits per heavy atom. The molecule has 2 heterocycles. The molecule has 12 heteroatoms. The van der Waals surface area contributed by atoms with Crippen molar-refractivity contribution < 1.29 is 27.6 Å². The molecule has 3 N–H and O–H groups in total. The first kappa shape index (κ1) is 23.0. The number of anilines is 2. The quantitative estimate of drug-likeness (QED) is 0.585. The molecule has 166 valence electrons. The second kappa shape index (κ2) is 8.46. The Bertz CT molecular complexity index is 1050. The van der Waals surface area contributed by atoms with Gasteiger partial charge >= 0.3 is 6.18 Å². The molecule has 0 saturated carbocycles. The third kappa shape index (κ3) is 5.53. The highest BCUT2D eigenvalue weighted by atomic mass is 35.5. The highest BCUT2D eigenvalue weighted by Gasteiger charge is 2.33. The summed E-state index contributed by atoms with van der Waals surface area (Å²) in [5, 5.41) is 7.52.